The van der Waals surface area contributed by atoms with Crippen molar-refractivity contribution in [3.8, 4) is 11.5 Å². The number of benzene rings is 2. The molecule has 0 heterocycles. The van der Waals surface area contributed by atoms with Gasteiger partial charge in [0, 0.05) is 11.1 Å². The lowest BCUT2D eigenvalue weighted by Crippen LogP contribution is -2.31. The van der Waals surface area contributed by atoms with Gasteiger partial charge in [-0.3, -0.25) is 4.79 Å². The van der Waals surface area contributed by atoms with Gasteiger partial charge in [-0.05, 0) is 76.1 Å². The summed E-state index contributed by atoms with van der Waals surface area (Å²) in [7, 11) is -2.29. The molecule has 2 N–H and O–H groups in total. The molecule has 0 radical (unpaired) electrons. The van der Waals surface area contributed by atoms with Crippen LogP contribution >= 0.6 is 11.6 Å². The van der Waals surface area contributed by atoms with E-state index in [-0.39, 0.29) is 16.6 Å². The highest BCUT2D eigenvalue weighted by molar-refractivity contribution is 7.89. The fourth-order valence-electron chi connectivity index (χ4n) is 2.80. The highest BCUT2D eigenvalue weighted by atomic mass is 35.5. The molecule has 0 spiro atoms. The summed E-state index contributed by atoms with van der Waals surface area (Å²) in [6, 6.07) is 7.50. The third kappa shape index (κ3) is 5.87. The van der Waals surface area contributed by atoms with E-state index in [4.69, 9.17) is 21.1 Å². The van der Waals surface area contributed by atoms with Crippen molar-refractivity contribution >= 4 is 33.2 Å². The van der Waals surface area contributed by atoms with Crippen molar-refractivity contribution in [3.05, 3.63) is 46.5 Å². The Morgan fingerprint density at radius 3 is 2.20 bits per heavy atom. The minimum atomic E-state index is -3.73. The maximum atomic E-state index is 12.7. The minimum Gasteiger partial charge on any atom is -0.495 e. The van der Waals surface area contributed by atoms with Crippen molar-refractivity contribution in [2.24, 2.45) is 0 Å². The molecule has 2 aromatic rings. The molecule has 0 aromatic heterocycles. The maximum Gasteiger partial charge on any atom is 0.265 e. The Balaban J connectivity index is 2.23. The number of halogens is 1. The van der Waals surface area contributed by atoms with Crippen LogP contribution in [0.4, 0.5) is 5.69 Å². The summed E-state index contributed by atoms with van der Waals surface area (Å²) in [4.78, 5) is 12.7. The predicted molar refractivity (Wildman–Crippen MR) is 118 cm³/mol. The first-order valence-electron chi connectivity index (χ1n) is 9.39. The minimum absolute atomic E-state index is 0.0184. The van der Waals surface area contributed by atoms with Crippen LogP contribution in [0.25, 0.3) is 0 Å². The second-order valence-corrected chi connectivity index (χ2v) is 9.35. The van der Waals surface area contributed by atoms with Crippen molar-refractivity contribution in [3.63, 3.8) is 0 Å². The Morgan fingerprint density at radius 1 is 1.07 bits per heavy atom. The van der Waals surface area contributed by atoms with Crippen LogP contribution in [0.15, 0.2) is 35.2 Å². The summed E-state index contributed by atoms with van der Waals surface area (Å²) in [6.07, 6.45) is -0.844. The molecule has 0 saturated heterocycles. The lowest BCUT2D eigenvalue weighted by Gasteiger charge is -2.18. The van der Waals surface area contributed by atoms with E-state index in [0.29, 0.717) is 16.5 Å². The zero-order valence-electron chi connectivity index (χ0n) is 17.9. The lowest BCUT2D eigenvalue weighted by atomic mass is 10.1. The molecular weight excluding hydrogens is 428 g/mol. The number of carbonyl (C=O) groups excluding carboxylic acids is 1. The first-order valence-corrected chi connectivity index (χ1v) is 11.3. The van der Waals surface area contributed by atoms with Gasteiger partial charge in [-0.15, -0.1) is 0 Å². The summed E-state index contributed by atoms with van der Waals surface area (Å²) in [5, 5.41) is 3.33. The van der Waals surface area contributed by atoms with Crippen molar-refractivity contribution in [1.29, 1.82) is 0 Å². The van der Waals surface area contributed by atoms with Crippen LogP contribution in [-0.2, 0) is 14.8 Å². The molecule has 2 aromatic carbocycles. The smallest absolute Gasteiger partial charge is 0.265 e. The van der Waals surface area contributed by atoms with E-state index in [2.05, 4.69) is 10.0 Å². The van der Waals surface area contributed by atoms with Crippen LogP contribution in [0.1, 0.15) is 31.9 Å². The average molecular weight is 455 g/mol. The SMILES string of the molecule is COc1ccc(S(=O)(=O)NC(C)C)cc1NC(=O)[C@@H](C)Oc1cc(C)c(Cl)c(C)c1. The topological polar surface area (TPSA) is 93.7 Å². The summed E-state index contributed by atoms with van der Waals surface area (Å²) in [5.74, 6) is 0.392. The van der Waals surface area contributed by atoms with Gasteiger partial charge in [0.1, 0.15) is 11.5 Å². The van der Waals surface area contributed by atoms with E-state index in [1.54, 1.807) is 32.9 Å². The molecule has 9 heteroatoms. The highest BCUT2D eigenvalue weighted by Crippen LogP contribution is 2.29. The van der Waals surface area contributed by atoms with Gasteiger partial charge in [0.2, 0.25) is 10.0 Å². The van der Waals surface area contributed by atoms with Gasteiger partial charge in [0.05, 0.1) is 17.7 Å². The van der Waals surface area contributed by atoms with Gasteiger partial charge in [-0.25, -0.2) is 13.1 Å². The molecule has 1 atom stereocenters. The first kappa shape index (κ1) is 24.0. The van der Waals surface area contributed by atoms with Crippen molar-refractivity contribution < 1.29 is 22.7 Å². The Labute approximate surface area is 182 Å². The van der Waals surface area contributed by atoms with E-state index in [1.165, 1.54) is 25.3 Å². The number of nitrogens with one attached hydrogen (secondary N) is 2. The Bertz CT molecular complexity index is 1010. The van der Waals surface area contributed by atoms with Gasteiger partial charge < -0.3 is 14.8 Å². The highest BCUT2D eigenvalue weighted by Gasteiger charge is 2.21. The molecule has 0 unspecified atom stereocenters. The van der Waals surface area contributed by atoms with Gasteiger partial charge in [0.15, 0.2) is 6.10 Å². The fourth-order valence-corrected chi connectivity index (χ4v) is 4.18. The van der Waals surface area contributed by atoms with Crippen LogP contribution in [0, 0.1) is 13.8 Å². The fraction of sp³-hybridized carbons (Fsp3) is 0.381. The molecule has 1 amide bonds. The summed E-state index contributed by atoms with van der Waals surface area (Å²) in [6.45, 7) is 8.76. The van der Waals surface area contributed by atoms with E-state index in [1.807, 2.05) is 13.8 Å². The first-order chi connectivity index (χ1) is 13.9. The Hall–Kier alpha value is -2.29. The largest absolute Gasteiger partial charge is 0.495 e. The van der Waals surface area contributed by atoms with Crippen LogP contribution < -0.4 is 19.5 Å². The van der Waals surface area contributed by atoms with Crippen molar-refractivity contribution in [2.45, 2.75) is 51.7 Å². The number of amides is 1. The van der Waals surface area contributed by atoms with Crippen molar-refractivity contribution in [1.82, 2.24) is 4.72 Å². The van der Waals surface area contributed by atoms with Gasteiger partial charge >= 0.3 is 0 Å². The number of aryl methyl sites for hydroxylation is 2. The van der Waals surface area contributed by atoms with Crippen LogP contribution in [0.3, 0.4) is 0 Å². The summed E-state index contributed by atoms with van der Waals surface area (Å²) >= 11 is 6.17. The van der Waals surface area contributed by atoms with Crippen molar-refractivity contribution in [2.75, 3.05) is 12.4 Å². The van der Waals surface area contributed by atoms with Crippen LogP contribution in [-0.4, -0.2) is 33.6 Å². The molecule has 0 saturated carbocycles. The number of carbonyl (C=O) groups is 1. The van der Waals surface area contributed by atoms with Crippen LogP contribution in [0.5, 0.6) is 11.5 Å². The quantitative estimate of drug-likeness (QED) is 0.627. The molecule has 7 nitrogen and oxygen atoms in total. The Kier molecular flexibility index (Phi) is 7.74. The normalized spacial score (nSPS) is 12.5. The molecule has 0 aliphatic rings. The number of hydrogen-bond donors (Lipinski definition) is 2. The molecular formula is C21H27ClN2O5S. The van der Waals surface area contributed by atoms with E-state index >= 15 is 0 Å². The number of methoxy groups -OCH3 is 1. The lowest BCUT2D eigenvalue weighted by molar-refractivity contribution is -0.122. The number of anilines is 1. The van der Waals surface area contributed by atoms with E-state index < -0.39 is 22.0 Å². The van der Waals surface area contributed by atoms with E-state index in [9.17, 15) is 13.2 Å². The van der Waals surface area contributed by atoms with Crippen LogP contribution in [0.2, 0.25) is 5.02 Å². The van der Waals surface area contributed by atoms with E-state index in [0.717, 1.165) is 11.1 Å². The molecule has 0 bridgehead atoms. The molecule has 2 rings (SSSR count). The molecule has 164 valence electrons. The van der Waals surface area contributed by atoms with Gasteiger partial charge in [-0.1, -0.05) is 11.6 Å². The average Bonchev–Trinajstić information content (AvgIpc) is 2.64. The van der Waals surface area contributed by atoms with Gasteiger partial charge in [0.25, 0.3) is 5.91 Å². The summed E-state index contributed by atoms with van der Waals surface area (Å²) < 4.78 is 38.4. The zero-order valence-corrected chi connectivity index (χ0v) is 19.4. The monoisotopic (exact) mass is 454 g/mol. The zero-order chi connectivity index (χ0) is 22.6. The standard InChI is InChI=1S/C21H27ClN2O5S/c1-12(2)24-30(26,27)17-7-8-19(28-6)18(11-17)23-21(25)15(5)29-16-9-13(3)20(22)14(4)10-16/h7-12,15,24H,1-6H3,(H,23,25)/t15-/m1/s1. The molecule has 0 aliphatic carbocycles. The third-order valence-electron chi connectivity index (χ3n) is 4.22. The third-order valence-corrected chi connectivity index (χ3v) is 6.47. The second-order valence-electron chi connectivity index (χ2n) is 7.26. The number of rotatable bonds is 8. The Morgan fingerprint density at radius 2 is 1.67 bits per heavy atom. The molecule has 30 heavy (non-hydrogen) atoms. The predicted octanol–water partition coefficient (Wildman–Crippen LogP) is 4.06. The molecule has 0 fully saturated rings. The molecule has 0 aliphatic heterocycles. The number of ether oxygens (including phenoxy) is 2. The summed E-state index contributed by atoms with van der Waals surface area (Å²) in [5.41, 5.74) is 1.92. The second kappa shape index (κ2) is 9.68. The maximum absolute atomic E-state index is 12.7. The number of hydrogen-bond acceptors (Lipinski definition) is 5. The number of sulfonamides is 1. The van der Waals surface area contributed by atoms with Gasteiger partial charge in [-0.2, -0.15) is 0 Å².